The van der Waals surface area contributed by atoms with Gasteiger partial charge in [0.1, 0.15) is 17.2 Å². The van der Waals surface area contributed by atoms with Crippen molar-refractivity contribution in [3.05, 3.63) is 59.2 Å². The van der Waals surface area contributed by atoms with Crippen molar-refractivity contribution in [2.24, 2.45) is 5.73 Å². The van der Waals surface area contributed by atoms with Gasteiger partial charge in [0.2, 0.25) is 5.91 Å². The predicted octanol–water partition coefficient (Wildman–Crippen LogP) is 3.42. The zero-order valence-corrected chi connectivity index (χ0v) is 17.1. The summed E-state index contributed by atoms with van der Waals surface area (Å²) >= 11 is 0. The van der Waals surface area contributed by atoms with Crippen molar-refractivity contribution in [1.29, 1.82) is 0 Å². The van der Waals surface area contributed by atoms with Gasteiger partial charge < -0.3 is 20.5 Å². The van der Waals surface area contributed by atoms with Crippen LogP contribution in [0.15, 0.2) is 42.5 Å². The van der Waals surface area contributed by atoms with E-state index >= 15 is 0 Å². The number of hydrogen-bond acceptors (Lipinski definition) is 6. The minimum Gasteiger partial charge on any atom is -0.496 e. The molecule has 0 aliphatic heterocycles. The van der Waals surface area contributed by atoms with E-state index in [1.807, 2.05) is 42.5 Å². The van der Waals surface area contributed by atoms with Gasteiger partial charge >= 0.3 is 0 Å². The second kappa shape index (κ2) is 8.41. The van der Waals surface area contributed by atoms with Crippen LogP contribution in [0.2, 0.25) is 0 Å². The number of nitrogens with two attached hydrogens (primary N) is 1. The van der Waals surface area contributed by atoms with Gasteiger partial charge in [-0.05, 0) is 54.7 Å². The lowest BCUT2D eigenvalue weighted by molar-refractivity contribution is -0.117. The van der Waals surface area contributed by atoms with Crippen molar-refractivity contribution < 1.29 is 14.3 Å². The minimum absolute atomic E-state index is 0.166. The van der Waals surface area contributed by atoms with E-state index in [9.17, 15) is 4.79 Å². The van der Waals surface area contributed by atoms with E-state index in [1.165, 1.54) is 5.56 Å². The van der Waals surface area contributed by atoms with Gasteiger partial charge in [-0.1, -0.05) is 18.2 Å². The number of para-hydroxylation sites is 1. The summed E-state index contributed by atoms with van der Waals surface area (Å²) in [6, 6.07) is 13.4. The number of amides is 1. The number of aromatic nitrogens is 2. The smallest absolute Gasteiger partial charge is 0.221 e. The molecule has 1 aliphatic carbocycles. The van der Waals surface area contributed by atoms with Crippen molar-refractivity contribution in [1.82, 2.24) is 10.2 Å². The Hall–Kier alpha value is -3.61. The van der Waals surface area contributed by atoms with Crippen LogP contribution in [0, 0.1) is 0 Å². The number of nitrogens with zero attached hydrogens (tertiary/aromatic N) is 2. The fraction of sp³-hybridized carbons (Fsp3) is 0.261. The standard InChI is InChI=1S/C23H24N4O3/c1-29-19-9-4-3-6-17(19)22-15-7-5-8-16(15)23(27-26-22)25-18-11-10-14(13-21(24)28)12-20(18)30-2/h3-4,6,9-12H,5,7-8,13H2,1-2H3,(H2,24,28)(H,25,27). The molecular weight excluding hydrogens is 380 g/mol. The maximum absolute atomic E-state index is 11.2. The lowest BCUT2D eigenvalue weighted by Gasteiger charge is -2.16. The zero-order chi connectivity index (χ0) is 21.1. The van der Waals surface area contributed by atoms with Crippen molar-refractivity contribution in [3.8, 4) is 22.8 Å². The van der Waals surface area contributed by atoms with Crippen LogP contribution in [0.1, 0.15) is 23.1 Å². The molecule has 0 atom stereocenters. The lowest BCUT2D eigenvalue weighted by Crippen LogP contribution is -2.13. The number of ether oxygens (including phenoxy) is 2. The maximum Gasteiger partial charge on any atom is 0.221 e. The van der Waals surface area contributed by atoms with E-state index in [1.54, 1.807) is 14.2 Å². The molecule has 0 radical (unpaired) electrons. The first-order valence-electron chi connectivity index (χ1n) is 9.84. The molecule has 1 heterocycles. The predicted molar refractivity (Wildman–Crippen MR) is 115 cm³/mol. The number of benzene rings is 2. The average molecular weight is 404 g/mol. The van der Waals surface area contributed by atoms with Crippen LogP contribution < -0.4 is 20.5 Å². The third-order valence-corrected chi connectivity index (χ3v) is 5.30. The van der Waals surface area contributed by atoms with E-state index in [2.05, 4.69) is 15.5 Å². The molecule has 30 heavy (non-hydrogen) atoms. The fourth-order valence-corrected chi connectivity index (χ4v) is 3.92. The summed E-state index contributed by atoms with van der Waals surface area (Å²) in [7, 11) is 3.26. The van der Waals surface area contributed by atoms with Gasteiger partial charge in [-0.2, -0.15) is 0 Å². The van der Waals surface area contributed by atoms with Crippen LogP contribution in [0.25, 0.3) is 11.3 Å². The molecule has 0 fully saturated rings. The highest BCUT2D eigenvalue weighted by Crippen LogP contribution is 2.39. The van der Waals surface area contributed by atoms with Crippen molar-refractivity contribution in [2.45, 2.75) is 25.7 Å². The van der Waals surface area contributed by atoms with Crippen LogP contribution in [-0.4, -0.2) is 30.3 Å². The van der Waals surface area contributed by atoms with Crippen LogP contribution in [-0.2, 0) is 24.1 Å². The number of primary amides is 1. The Morgan fingerprint density at radius 1 is 1.03 bits per heavy atom. The molecule has 1 aliphatic rings. The quantitative estimate of drug-likeness (QED) is 0.626. The molecule has 4 rings (SSSR count). The molecule has 1 aromatic heterocycles. The summed E-state index contributed by atoms with van der Waals surface area (Å²) in [5.74, 6) is 1.75. The number of carbonyl (C=O) groups is 1. The monoisotopic (exact) mass is 404 g/mol. The Bertz CT molecular complexity index is 1100. The van der Waals surface area contributed by atoms with E-state index in [4.69, 9.17) is 15.2 Å². The molecule has 2 aromatic carbocycles. The summed E-state index contributed by atoms with van der Waals surface area (Å²) in [6.07, 6.45) is 3.09. The van der Waals surface area contributed by atoms with Crippen LogP contribution in [0.4, 0.5) is 11.5 Å². The topological polar surface area (TPSA) is 99.4 Å². The van der Waals surface area contributed by atoms with Gasteiger partial charge in [0.25, 0.3) is 0 Å². The highest BCUT2D eigenvalue weighted by atomic mass is 16.5. The average Bonchev–Trinajstić information content (AvgIpc) is 3.25. The molecule has 0 spiro atoms. The Balaban J connectivity index is 1.70. The molecule has 7 heteroatoms. The third-order valence-electron chi connectivity index (χ3n) is 5.30. The number of rotatable bonds is 7. The Kier molecular flexibility index (Phi) is 5.52. The van der Waals surface area contributed by atoms with Crippen LogP contribution in [0.5, 0.6) is 11.5 Å². The molecular formula is C23H24N4O3. The van der Waals surface area contributed by atoms with E-state index in [0.717, 1.165) is 58.9 Å². The summed E-state index contributed by atoms with van der Waals surface area (Å²) in [5.41, 5.74) is 11.0. The summed E-state index contributed by atoms with van der Waals surface area (Å²) in [6.45, 7) is 0. The summed E-state index contributed by atoms with van der Waals surface area (Å²) < 4.78 is 11.0. The number of methoxy groups -OCH3 is 2. The zero-order valence-electron chi connectivity index (χ0n) is 17.1. The van der Waals surface area contributed by atoms with Crippen molar-refractivity contribution in [3.63, 3.8) is 0 Å². The van der Waals surface area contributed by atoms with Crippen LogP contribution >= 0.6 is 0 Å². The molecule has 3 aromatic rings. The molecule has 1 amide bonds. The van der Waals surface area contributed by atoms with Crippen molar-refractivity contribution in [2.75, 3.05) is 19.5 Å². The second-order valence-electron chi connectivity index (χ2n) is 7.21. The highest BCUT2D eigenvalue weighted by Gasteiger charge is 2.24. The second-order valence-corrected chi connectivity index (χ2v) is 7.21. The Morgan fingerprint density at radius 2 is 1.80 bits per heavy atom. The lowest BCUT2D eigenvalue weighted by atomic mass is 10.0. The number of anilines is 2. The summed E-state index contributed by atoms with van der Waals surface area (Å²) in [5, 5.41) is 12.4. The fourth-order valence-electron chi connectivity index (χ4n) is 3.92. The maximum atomic E-state index is 11.2. The molecule has 3 N–H and O–H groups in total. The van der Waals surface area contributed by atoms with Gasteiger partial charge in [0.05, 0.1) is 26.3 Å². The van der Waals surface area contributed by atoms with E-state index in [0.29, 0.717) is 5.75 Å². The number of fused-ring (bicyclic) bond motifs is 1. The number of hydrogen-bond donors (Lipinski definition) is 2. The van der Waals surface area contributed by atoms with Gasteiger partial charge in [-0.25, -0.2) is 0 Å². The van der Waals surface area contributed by atoms with Crippen molar-refractivity contribution >= 4 is 17.4 Å². The first kappa shape index (κ1) is 19.7. The third kappa shape index (κ3) is 3.78. The van der Waals surface area contributed by atoms with Gasteiger partial charge in [-0.3, -0.25) is 4.79 Å². The van der Waals surface area contributed by atoms with E-state index in [-0.39, 0.29) is 12.3 Å². The number of carbonyl (C=O) groups excluding carboxylic acids is 1. The molecule has 0 saturated carbocycles. The van der Waals surface area contributed by atoms with Gasteiger partial charge in [0, 0.05) is 11.1 Å². The first-order valence-corrected chi connectivity index (χ1v) is 9.84. The number of nitrogens with one attached hydrogen (secondary N) is 1. The van der Waals surface area contributed by atoms with Gasteiger partial charge in [-0.15, -0.1) is 10.2 Å². The SMILES string of the molecule is COc1cc(CC(N)=O)ccc1Nc1nnc(-c2ccccc2OC)c2c1CCC2. The largest absolute Gasteiger partial charge is 0.496 e. The Morgan fingerprint density at radius 3 is 2.57 bits per heavy atom. The molecule has 154 valence electrons. The Labute approximate surface area is 175 Å². The van der Waals surface area contributed by atoms with Crippen LogP contribution in [0.3, 0.4) is 0 Å². The normalized spacial score (nSPS) is 12.3. The van der Waals surface area contributed by atoms with Gasteiger partial charge in [0.15, 0.2) is 5.82 Å². The molecule has 0 saturated heterocycles. The first-order chi connectivity index (χ1) is 14.6. The molecule has 0 bridgehead atoms. The van der Waals surface area contributed by atoms with E-state index < -0.39 is 0 Å². The summed E-state index contributed by atoms with van der Waals surface area (Å²) in [4.78, 5) is 11.2. The minimum atomic E-state index is -0.381. The highest BCUT2D eigenvalue weighted by molar-refractivity contribution is 5.78. The molecule has 0 unspecified atom stereocenters. The molecule has 7 nitrogen and oxygen atoms in total.